The Morgan fingerprint density at radius 3 is 2.08 bits per heavy atom. The zero-order chi connectivity index (χ0) is 17.7. The van der Waals surface area contributed by atoms with Crippen molar-refractivity contribution in [2.75, 3.05) is 10.7 Å². The van der Waals surface area contributed by atoms with Gasteiger partial charge in [-0.05, 0) is 26.0 Å². The van der Waals surface area contributed by atoms with Crippen LogP contribution >= 0.6 is 31.9 Å². The minimum Gasteiger partial charge on any atom is -0.289 e. The molecular formula is C18H20Br2N2O2. The molecule has 0 unspecified atom stereocenters. The number of rotatable bonds is 6. The van der Waals surface area contributed by atoms with Gasteiger partial charge in [-0.1, -0.05) is 67.3 Å². The third kappa shape index (κ3) is 4.16. The number of aromatic nitrogens is 2. The van der Waals surface area contributed by atoms with E-state index in [2.05, 4.69) is 31.9 Å². The van der Waals surface area contributed by atoms with Gasteiger partial charge in [0.25, 0.3) is 5.56 Å². The SMILES string of the molecule is C/C(=C\Cn1c(=O)c2ccccc2n(C/C=C(\C)CBr)c1=O)CBr. The number of hydrogen-bond acceptors (Lipinski definition) is 2. The van der Waals surface area contributed by atoms with E-state index >= 15 is 0 Å². The van der Waals surface area contributed by atoms with E-state index in [9.17, 15) is 9.59 Å². The highest BCUT2D eigenvalue weighted by atomic mass is 79.9. The molecule has 0 spiro atoms. The fourth-order valence-corrected chi connectivity index (χ4v) is 2.77. The summed E-state index contributed by atoms with van der Waals surface area (Å²) in [5.74, 6) is 0. The molecule has 1 aromatic carbocycles. The molecule has 6 heteroatoms. The van der Waals surface area contributed by atoms with Crippen molar-refractivity contribution in [3.05, 3.63) is 68.4 Å². The molecule has 0 amide bonds. The van der Waals surface area contributed by atoms with Gasteiger partial charge in [0.05, 0.1) is 10.9 Å². The Morgan fingerprint density at radius 1 is 0.958 bits per heavy atom. The van der Waals surface area contributed by atoms with E-state index in [0.29, 0.717) is 17.4 Å². The second kappa shape index (κ2) is 8.62. The number of fused-ring (bicyclic) bond motifs is 1. The Hall–Kier alpha value is -1.40. The Morgan fingerprint density at radius 2 is 1.50 bits per heavy atom. The Kier molecular flexibility index (Phi) is 6.80. The van der Waals surface area contributed by atoms with Crippen LogP contribution in [-0.4, -0.2) is 19.8 Å². The van der Waals surface area contributed by atoms with Crippen LogP contribution in [0.3, 0.4) is 0 Å². The summed E-state index contributed by atoms with van der Waals surface area (Å²) in [6.07, 6.45) is 3.90. The second-order valence-corrected chi connectivity index (χ2v) is 6.82. The van der Waals surface area contributed by atoms with E-state index in [4.69, 9.17) is 0 Å². The Labute approximate surface area is 157 Å². The van der Waals surface area contributed by atoms with Gasteiger partial charge in [0, 0.05) is 23.7 Å². The maximum absolute atomic E-state index is 12.8. The third-order valence-electron chi connectivity index (χ3n) is 3.80. The van der Waals surface area contributed by atoms with Crippen molar-refractivity contribution in [1.29, 1.82) is 0 Å². The Bertz CT molecular complexity index is 907. The van der Waals surface area contributed by atoms with Crippen LogP contribution in [0.25, 0.3) is 10.9 Å². The Balaban J connectivity index is 2.67. The lowest BCUT2D eigenvalue weighted by molar-refractivity contribution is 0.646. The number of benzene rings is 1. The normalized spacial score (nSPS) is 12.8. The number of para-hydroxylation sites is 1. The number of hydrogen-bond donors (Lipinski definition) is 0. The van der Waals surface area contributed by atoms with Crippen LogP contribution in [-0.2, 0) is 13.1 Å². The lowest BCUT2D eigenvalue weighted by Crippen LogP contribution is -2.39. The summed E-state index contributed by atoms with van der Waals surface area (Å²) < 4.78 is 2.95. The van der Waals surface area contributed by atoms with Crippen LogP contribution in [0.2, 0.25) is 0 Å². The highest BCUT2D eigenvalue weighted by Gasteiger charge is 2.11. The fraction of sp³-hybridized carbons (Fsp3) is 0.333. The van der Waals surface area contributed by atoms with E-state index in [1.807, 2.05) is 44.2 Å². The molecule has 0 aliphatic heterocycles. The first kappa shape index (κ1) is 18.9. The van der Waals surface area contributed by atoms with Gasteiger partial charge in [-0.15, -0.1) is 0 Å². The molecule has 0 saturated carbocycles. The molecule has 1 aromatic heterocycles. The maximum Gasteiger partial charge on any atom is 0.332 e. The summed E-state index contributed by atoms with van der Waals surface area (Å²) in [6.45, 7) is 4.68. The minimum atomic E-state index is -0.282. The highest BCUT2D eigenvalue weighted by Crippen LogP contribution is 2.09. The molecule has 0 aliphatic rings. The zero-order valence-electron chi connectivity index (χ0n) is 13.8. The first-order valence-electron chi connectivity index (χ1n) is 7.65. The average molecular weight is 456 g/mol. The largest absolute Gasteiger partial charge is 0.332 e. The van der Waals surface area contributed by atoms with E-state index in [-0.39, 0.29) is 17.8 Å². The topological polar surface area (TPSA) is 44.0 Å². The molecule has 0 saturated heterocycles. The van der Waals surface area contributed by atoms with Gasteiger partial charge in [-0.3, -0.25) is 13.9 Å². The summed E-state index contributed by atoms with van der Waals surface area (Å²) in [6, 6.07) is 7.26. The van der Waals surface area contributed by atoms with Gasteiger partial charge in [0.15, 0.2) is 0 Å². The molecule has 0 bridgehead atoms. The van der Waals surface area contributed by atoms with Gasteiger partial charge >= 0.3 is 5.69 Å². The lowest BCUT2D eigenvalue weighted by Gasteiger charge is -2.12. The van der Waals surface area contributed by atoms with Crippen molar-refractivity contribution >= 4 is 42.8 Å². The summed E-state index contributed by atoms with van der Waals surface area (Å²) in [5.41, 5.74) is 2.36. The molecule has 0 aliphatic carbocycles. The first-order chi connectivity index (χ1) is 11.5. The molecule has 4 nitrogen and oxygen atoms in total. The summed E-state index contributed by atoms with van der Waals surface area (Å²) in [7, 11) is 0. The molecule has 2 aromatic rings. The molecular weight excluding hydrogens is 436 g/mol. The van der Waals surface area contributed by atoms with E-state index in [1.54, 1.807) is 10.6 Å². The van der Waals surface area contributed by atoms with Crippen LogP contribution in [0.1, 0.15) is 13.8 Å². The fourth-order valence-electron chi connectivity index (χ4n) is 2.31. The molecule has 0 N–H and O–H groups in total. The van der Waals surface area contributed by atoms with Crippen LogP contribution < -0.4 is 11.2 Å². The van der Waals surface area contributed by atoms with Gasteiger partial charge in [0.2, 0.25) is 0 Å². The molecule has 24 heavy (non-hydrogen) atoms. The monoisotopic (exact) mass is 454 g/mol. The molecule has 1 heterocycles. The van der Waals surface area contributed by atoms with Gasteiger partial charge < -0.3 is 0 Å². The van der Waals surface area contributed by atoms with Crippen LogP contribution in [0, 0.1) is 0 Å². The predicted octanol–water partition coefficient (Wildman–Crippen LogP) is 3.85. The first-order valence-corrected chi connectivity index (χ1v) is 9.89. The number of halogens is 2. The van der Waals surface area contributed by atoms with Crippen molar-refractivity contribution in [2.45, 2.75) is 26.9 Å². The van der Waals surface area contributed by atoms with Crippen LogP contribution in [0.15, 0.2) is 57.2 Å². The summed E-state index contributed by atoms with van der Waals surface area (Å²) in [5, 5.41) is 2.04. The van der Waals surface area contributed by atoms with Crippen molar-refractivity contribution < 1.29 is 0 Å². The molecule has 2 rings (SSSR count). The second-order valence-electron chi connectivity index (χ2n) is 5.69. The third-order valence-corrected chi connectivity index (χ3v) is 5.57. The minimum absolute atomic E-state index is 0.244. The quantitative estimate of drug-likeness (QED) is 0.490. The zero-order valence-corrected chi connectivity index (χ0v) is 16.9. The van der Waals surface area contributed by atoms with E-state index in [0.717, 1.165) is 21.8 Å². The van der Waals surface area contributed by atoms with Gasteiger partial charge in [-0.2, -0.15) is 0 Å². The maximum atomic E-state index is 12.8. The highest BCUT2D eigenvalue weighted by molar-refractivity contribution is 9.09. The van der Waals surface area contributed by atoms with Crippen molar-refractivity contribution in [1.82, 2.24) is 9.13 Å². The lowest BCUT2D eigenvalue weighted by atomic mass is 10.2. The molecule has 0 fully saturated rings. The standard InChI is InChI=1S/C18H20Br2N2O2/c1-13(11-19)7-9-21-16-6-4-3-5-15(16)17(23)22(18(21)24)10-8-14(2)12-20/h3-8H,9-12H2,1-2H3/b13-7+,14-8+. The van der Waals surface area contributed by atoms with Gasteiger partial charge in [0.1, 0.15) is 0 Å². The molecule has 128 valence electrons. The average Bonchev–Trinajstić information content (AvgIpc) is 2.60. The number of alkyl halides is 2. The van der Waals surface area contributed by atoms with Crippen LogP contribution in [0.4, 0.5) is 0 Å². The van der Waals surface area contributed by atoms with Crippen molar-refractivity contribution in [3.8, 4) is 0 Å². The summed E-state index contributed by atoms with van der Waals surface area (Å²) in [4.78, 5) is 25.5. The predicted molar refractivity (Wildman–Crippen MR) is 108 cm³/mol. The van der Waals surface area contributed by atoms with Crippen LogP contribution in [0.5, 0.6) is 0 Å². The molecule has 0 radical (unpaired) electrons. The van der Waals surface area contributed by atoms with Crippen molar-refractivity contribution in [3.63, 3.8) is 0 Å². The number of nitrogens with zero attached hydrogens (tertiary/aromatic N) is 2. The summed E-state index contributed by atoms with van der Waals surface area (Å²) >= 11 is 6.79. The molecule has 0 atom stereocenters. The number of allylic oxidation sites excluding steroid dienone is 4. The van der Waals surface area contributed by atoms with Crippen molar-refractivity contribution in [2.24, 2.45) is 0 Å². The van der Waals surface area contributed by atoms with Gasteiger partial charge in [-0.25, -0.2) is 4.79 Å². The smallest absolute Gasteiger partial charge is 0.289 e. The van der Waals surface area contributed by atoms with E-state index in [1.165, 1.54) is 4.57 Å². The van der Waals surface area contributed by atoms with E-state index < -0.39 is 0 Å².